The average molecular weight is 327 g/mol. The minimum Gasteiger partial charge on any atom is -0.298 e. The van der Waals surface area contributed by atoms with Crippen LogP contribution in [0.5, 0.6) is 0 Å². The van der Waals surface area contributed by atoms with Gasteiger partial charge in [-0.05, 0) is 50.9 Å². The minimum absolute atomic E-state index is 0.00661. The van der Waals surface area contributed by atoms with E-state index in [1.54, 1.807) is 12.1 Å². The molecule has 3 heteroatoms. The molecule has 0 aliphatic rings. The number of likely N-dealkylation sites (N-methyl/N-ethyl adjacent to an activating group) is 1. The van der Waals surface area contributed by atoms with Crippen LogP contribution >= 0.6 is 0 Å². The number of halogens is 2. The highest BCUT2D eigenvalue weighted by Gasteiger charge is 2.09. The van der Waals surface area contributed by atoms with Gasteiger partial charge in [-0.3, -0.25) is 4.90 Å². The summed E-state index contributed by atoms with van der Waals surface area (Å²) in [5, 5.41) is 1.08. The molecule has 0 aliphatic heterocycles. The number of benzene rings is 2. The van der Waals surface area contributed by atoms with Crippen molar-refractivity contribution in [1.29, 1.82) is 0 Å². The summed E-state index contributed by atoms with van der Waals surface area (Å²) in [6.45, 7) is 7.53. The lowest BCUT2D eigenvalue weighted by Crippen LogP contribution is -2.17. The van der Waals surface area contributed by atoms with E-state index in [9.17, 15) is 8.78 Å². The van der Waals surface area contributed by atoms with Gasteiger partial charge in [-0.25, -0.2) is 8.78 Å². The molecular formula is C21H23F2N. The third-order valence-electron chi connectivity index (χ3n) is 3.51. The van der Waals surface area contributed by atoms with E-state index in [0.29, 0.717) is 23.9 Å². The Balaban J connectivity index is 2.09. The van der Waals surface area contributed by atoms with E-state index in [4.69, 9.17) is 0 Å². The van der Waals surface area contributed by atoms with Crippen molar-refractivity contribution in [3.05, 3.63) is 59.7 Å². The molecule has 24 heavy (non-hydrogen) atoms. The predicted molar refractivity (Wildman–Crippen MR) is 96.6 cm³/mol. The number of rotatable bonds is 4. The number of fused-ring (bicyclic) bond motifs is 1. The van der Waals surface area contributed by atoms with Crippen LogP contribution in [0.1, 0.15) is 26.3 Å². The minimum atomic E-state index is -0.549. The standard InChI is InChI=1S/C21H23F2N/c1-21(2,3)11-6-5-7-12-24(4)15-16-9-8-10-18-19(16)13-17(22)14-20(18)23/h5,7-10,13-14H,12,15H2,1-4H3. The summed E-state index contributed by atoms with van der Waals surface area (Å²) in [4.78, 5) is 2.08. The van der Waals surface area contributed by atoms with Gasteiger partial charge in [0, 0.05) is 30.0 Å². The first-order valence-electron chi connectivity index (χ1n) is 7.99. The molecule has 0 aromatic heterocycles. The van der Waals surface area contributed by atoms with Crippen molar-refractivity contribution in [2.75, 3.05) is 13.6 Å². The second-order valence-corrected chi connectivity index (χ2v) is 7.02. The van der Waals surface area contributed by atoms with Gasteiger partial charge in [-0.1, -0.05) is 36.1 Å². The van der Waals surface area contributed by atoms with Crippen molar-refractivity contribution in [2.45, 2.75) is 27.3 Å². The van der Waals surface area contributed by atoms with Gasteiger partial charge in [0.25, 0.3) is 0 Å². The predicted octanol–water partition coefficient (Wildman–Crippen LogP) is 5.16. The van der Waals surface area contributed by atoms with Crippen LogP contribution in [0.4, 0.5) is 8.78 Å². The molecule has 0 N–H and O–H groups in total. The summed E-state index contributed by atoms with van der Waals surface area (Å²) in [5.74, 6) is 5.11. The summed E-state index contributed by atoms with van der Waals surface area (Å²) in [7, 11) is 1.97. The monoisotopic (exact) mass is 327 g/mol. The topological polar surface area (TPSA) is 3.24 Å². The summed E-state index contributed by atoms with van der Waals surface area (Å²) < 4.78 is 27.4. The van der Waals surface area contributed by atoms with Crippen molar-refractivity contribution < 1.29 is 8.78 Å². The van der Waals surface area contributed by atoms with Gasteiger partial charge in [0.15, 0.2) is 0 Å². The van der Waals surface area contributed by atoms with Gasteiger partial charge in [-0.2, -0.15) is 0 Å². The van der Waals surface area contributed by atoms with Crippen molar-refractivity contribution >= 4 is 10.8 Å². The molecule has 0 unspecified atom stereocenters. The summed E-state index contributed by atoms with van der Waals surface area (Å²) in [5.41, 5.74) is 0.899. The first-order valence-corrected chi connectivity index (χ1v) is 7.99. The van der Waals surface area contributed by atoms with Gasteiger partial charge >= 0.3 is 0 Å². The molecule has 2 rings (SSSR count). The number of allylic oxidation sites excluding steroid dienone is 1. The Hall–Kier alpha value is -2.18. The number of hydrogen-bond donors (Lipinski definition) is 0. The molecule has 126 valence electrons. The maximum atomic E-state index is 13.9. The van der Waals surface area contributed by atoms with Crippen LogP contribution in [0.3, 0.4) is 0 Å². The zero-order valence-electron chi connectivity index (χ0n) is 14.7. The normalized spacial score (nSPS) is 12.0. The van der Waals surface area contributed by atoms with E-state index < -0.39 is 11.6 Å². The summed E-state index contributed by atoms with van der Waals surface area (Å²) in [6, 6.07) is 7.70. The van der Waals surface area contributed by atoms with Gasteiger partial charge in [0.05, 0.1) is 0 Å². The van der Waals surface area contributed by atoms with Crippen molar-refractivity contribution in [1.82, 2.24) is 4.90 Å². The molecule has 2 aromatic carbocycles. The Kier molecular flexibility index (Phi) is 5.75. The zero-order chi connectivity index (χ0) is 17.7. The fraction of sp³-hybridized carbons (Fsp3) is 0.333. The third kappa shape index (κ3) is 5.18. The molecule has 0 amide bonds. The molecule has 0 spiro atoms. The lowest BCUT2D eigenvalue weighted by atomic mass is 9.98. The first-order chi connectivity index (χ1) is 11.3. The first kappa shape index (κ1) is 18.2. The van der Waals surface area contributed by atoms with Crippen LogP contribution in [-0.4, -0.2) is 18.5 Å². The van der Waals surface area contributed by atoms with E-state index in [1.807, 2.05) is 25.3 Å². The number of nitrogens with zero attached hydrogens (tertiary/aromatic N) is 1. The van der Waals surface area contributed by atoms with Crippen LogP contribution < -0.4 is 0 Å². The van der Waals surface area contributed by atoms with Crippen LogP contribution in [-0.2, 0) is 6.54 Å². The molecule has 0 heterocycles. The van der Waals surface area contributed by atoms with Crippen LogP contribution in [0, 0.1) is 28.9 Å². The van der Waals surface area contributed by atoms with E-state index >= 15 is 0 Å². The van der Waals surface area contributed by atoms with Crippen LogP contribution in [0.2, 0.25) is 0 Å². The highest BCUT2D eigenvalue weighted by atomic mass is 19.1. The number of hydrogen-bond acceptors (Lipinski definition) is 1. The van der Waals surface area contributed by atoms with Crippen molar-refractivity contribution in [2.24, 2.45) is 5.41 Å². The largest absolute Gasteiger partial charge is 0.298 e. The average Bonchev–Trinajstić information content (AvgIpc) is 2.46. The zero-order valence-corrected chi connectivity index (χ0v) is 14.7. The Morgan fingerprint density at radius 3 is 2.58 bits per heavy atom. The van der Waals surface area contributed by atoms with Gasteiger partial charge in [0.2, 0.25) is 0 Å². The fourth-order valence-electron chi connectivity index (χ4n) is 2.41. The maximum absolute atomic E-state index is 13.9. The molecular weight excluding hydrogens is 304 g/mol. The fourth-order valence-corrected chi connectivity index (χ4v) is 2.41. The van der Waals surface area contributed by atoms with E-state index in [-0.39, 0.29) is 5.41 Å². The Morgan fingerprint density at radius 2 is 1.88 bits per heavy atom. The van der Waals surface area contributed by atoms with Gasteiger partial charge in [-0.15, -0.1) is 0 Å². The molecule has 0 aliphatic carbocycles. The Morgan fingerprint density at radius 1 is 1.12 bits per heavy atom. The SMILES string of the molecule is CN(CC=CC#CC(C)(C)C)Cc1cccc2c(F)cc(F)cc12. The van der Waals surface area contributed by atoms with Crippen LogP contribution in [0.25, 0.3) is 10.8 Å². The molecule has 1 nitrogen and oxygen atoms in total. The summed E-state index contributed by atoms with van der Waals surface area (Å²) >= 11 is 0. The van der Waals surface area contributed by atoms with Gasteiger partial charge in [0.1, 0.15) is 11.6 Å². The van der Waals surface area contributed by atoms with E-state index in [1.165, 1.54) is 6.07 Å². The molecule has 0 bridgehead atoms. The highest BCUT2D eigenvalue weighted by Crippen LogP contribution is 2.24. The molecule has 0 atom stereocenters. The molecule has 2 aromatic rings. The maximum Gasteiger partial charge on any atom is 0.133 e. The van der Waals surface area contributed by atoms with E-state index in [0.717, 1.165) is 11.6 Å². The second-order valence-electron chi connectivity index (χ2n) is 7.02. The second kappa shape index (κ2) is 7.59. The van der Waals surface area contributed by atoms with Crippen molar-refractivity contribution in [3.63, 3.8) is 0 Å². The van der Waals surface area contributed by atoms with Gasteiger partial charge < -0.3 is 0 Å². The highest BCUT2D eigenvalue weighted by molar-refractivity contribution is 5.86. The molecule has 0 radical (unpaired) electrons. The quantitative estimate of drug-likeness (QED) is 0.702. The lowest BCUT2D eigenvalue weighted by Gasteiger charge is -2.16. The van der Waals surface area contributed by atoms with Crippen LogP contribution in [0.15, 0.2) is 42.5 Å². The van der Waals surface area contributed by atoms with Crippen molar-refractivity contribution in [3.8, 4) is 11.8 Å². The molecule has 0 saturated heterocycles. The Labute approximate surface area is 143 Å². The molecule has 0 saturated carbocycles. The van der Waals surface area contributed by atoms with E-state index in [2.05, 4.69) is 37.5 Å². The Bertz CT molecular complexity index is 804. The third-order valence-corrected chi connectivity index (χ3v) is 3.51. The smallest absolute Gasteiger partial charge is 0.133 e. The molecule has 0 fully saturated rings. The summed E-state index contributed by atoms with van der Waals surface area (Å²) in [6.07, 6.45) is 3.84. The lowest BCUT2D eigenvalue weighted by molar-refractivity contribution is 0.365.